The quantitative estimate of drug-likeness (QED) is 0.687. The molecule has 116 valence electrons. The number of rotatable bonds is 0. The maximum absolute atomic E-state index is 12.4. The van der Waals surface area contributed by atoms with Gasteiger partial charge in [-0.15, -0.1) is 0 Å². The summed E-state index contributed by atoms with van der Waals surface area (Å²) in [5.41, 5.74) is 1.81. The fourth-order valence-corrected chi connectivity index (χ4v) is 6.41. The van der Waals surface area contributed by atoms with Gasteiger partial charge in [-0.25, -0.2) is 0 Å². The second-order valence-electron chi connectivity index (χ2n) is 8.57. The smallest absolute Gasteiger partial charge is 0.139 e. The third-order valence-electron chi connectivity index (χ3n) is 7.79. The molecular weight excluding hydrogens is 260 g/mol. The molecule has 0 aromatic heterocycles. The minimum atomic E-state index is -0.122. The highest BCUT2D eigenvalue weighted by molar-refractivity contribution is 5.87. The Hall–Kier alpha value is -0.630. The zero-order valence-corrected chi connectivity index (χ0v) is 13.4. The van der Waals surface area contributed by atoms with Crippen molar-refractivity contribution in [2.75, 3.05) is 0 Å². The van der Waals surface area contributed by atoms with Crippen LogP contribution in [0, 0.1) is 28.6 Å². The zero-order valence-electron chi connectivity index (χ0n) is 13.4. The average molecular weight is 288 g/mol. The molecule has 0 amide bonds. The number of hydrogen-bond acceptors (Lipinski definition) is 2. The summed E-state index contributed by atoms with van der Waals surface area (Å²) < 4.78 is 0. The lowest BCUT2D eigenvalue weighted by Crippen LogP contribution is -2.50. The summed E-state index contributed by atoms with van der Waals surface area (Å²) in [6.07, 6.45) is 10.7. The zero-order chi connectivity index (χ0) is 14.8. The number of Topliss-reactive ketones (excluding diaryl/α,β-unsaturated/α-hetero) is 1. The summed E-state index contributed by atoms with van der Waals surface area (Å²) in [5.74, 6) is 2.60. The van der Waals surface area contributed by atoms with E-state index < -0.39 is 0 Å². The van der Waals surface area contributed by atoms with Gasteiger partial charge >= 0.3 is 0 Å². The molecule has 0 radical (unpaired) electrons. The van der Waals surface area contributed by atoms with Crippen molar-refractivity contribution in [1.82, 2.24) is 0 Å². The van der Waals surface area contributed by atoms with E-state index in [0.717, 1.165) is 50.9 Å². The Morgan fingerprint density at radius 1 is 1.10 bits per heavy atom. The molecule has 4 rings (SSSR count). The molecule has 1 N–H and O–H groups in total. The summed E-state index contributed by atoms with van der Waals surface area (Å²) in [6.45, 7) is 4.69. The van der Waals surface area contributed by atoms with Gasteiger partial charge in [0, 0.05) is 11.8 Å². The van der Waals surface area contributed by atoms with Crippen LogP contribution in [0.25, 0.3) is 0 Å². The van der Waals surface area contributed by atoms with E-state index in [1.165, 1.54) is 12.0 Å². The SMILES string of the molecule is C[C@@]12CCC3[C@@H](CC=C4C[C@H](O)CC[C@]43C)[C@H]1CCC2=O. The largest absolute Gasteiger partial charge is 0.393 e. The lowest BCUT2D eigenvalue weighted by Gasteiger charge is -2.56. The van der Waals surface area contributed by atoms with Crippen LogP contribution in [-0.2, 0) is 4.79 Å². The summed E-state index contributed by atoms with van der Waals surface area (Å²) in [7, 11) is 0. The van der Waals surface area contributed by atoms with Crippen LogP contribution >= 0.6 is 0 Å². The van der Waals surface area contributed by atoms with Gasteiger partial charge in [-0.2, -0.15) is 0 Å². The maximum atomic E-state index is 12.4. The molecule has 3 saturated carbocycles. The third kappa shape index (κ3) is 1.78. The topological polar surface area (TPSA) is 37.3 Å². The van der Waals surface area contributed by atoms with Gasteiger partial charge in [0.15, 0.2) is 0 Å². The monoisotopic (exact) mass is 288 g/mol. The second-order valence-corrected chi connectivity index (χ2v) is 8.57. The predicted octanol–water partition coefficient (Wildman–Crippen LogP) is 3.88. The Morgan fingerprint density at radius 3 is 2.62 bits per heavy atom. The summed E-state index contributed by atoms with van der Waals surface area (Å²) >= 11 is 0. The van der Waals surface area contributed by atoms with Crippen molar-refractivity contribution in [2.45, 2.75) is 71.3 Å². The van der Waals surface area contributed by atoms with Crippen molar-refractivity contribution in [1.29, 1.82) is 0 Å². The highest BCUT2D eigenvalue weighted by Crippen LogP contribution is 2.63. The van der Waals surface area contributed by atoms with Crippen molar-refractivity contribution in [3.63, 3.8) is 0 Å². The predicted molar refractivity (Wildman–Crippen MR) is 82.7 cm³/mol. The van der Waals surface area contributed by atoms with Crippen LogP contribution in [-0.4, -0.2) is 17.0 Å². The molecule has 4 aliphatic carbocycles. The van der Waals surface area contributed by atoms with E-state index in [-0.39, 0.29) is 11.5 Å². The first-order valence-electron chi connectivity index (χ1n) is 8.86. The number of carbonyl (C=O) groups excluding carboxylic acids is 1. The minimum absolute atomic E-state index is 0.0168. The van der Waals surface area contributed by atoms with Crippen molar-refractivity contribution in [2.24, 2.45) is 28.6 Å². The van der Waals surface area contributed by atoms with E-state index in [1.54, 1.807) is 0 Å². The highest BCUT2D eigenvalue weighted by atomic mass is 16.3. The summed E-state index contributed by atoms with van der Waals surface area (Å²) in [5, 5.41) is 10.00. The van der Waals surface area contributed by atoms with Crippen LogP contribution in [0.4, 0.5) is 0 Å². The molecule has 1 unspecified atom stereocenters. The number of aliphatic hydroxyl groups excluding tert-OH is 1. The van der Waals surface area contributed by atoms with E-state index in [4.69, 9.17) is 0 Å². The van der Waals surface area contributed by atoms with Crippen LogP contribution in [0.5, 0.6) is 0 Å². The van der Waals surface area contributed by atoms with Gasteiger partial charge in [0.05, 0.1) is 6.10 Å². The number of fused-ring (bicyclic) bond motifs is 5. The van der Waals surface area contributed by atoms with Crippen LogP contribution in [0.15, 0.2) is 11.6 Å². The Kier molecular flexibility index (Phi) is 2.96. The second kappa shape index (κ2) is 4.44. The van der Waals surface area contributed by atoms with Crippen LogP contribution in [0.2, 0.25) is 0 Å². The number of ketones is 1. The Bertz CT molecular complexity index is 508. The highest BCUT2D eigenvalue weighted by Gasteiger charge is 2.58. The van der Waals surface area contributed by atoms with Crippen LogP contribution in [0.3, 0.4) is 0 Å². The molecule has 0 aromatic rings. The number of hydrogen-bond donors (Lipinski definition) is 1. The fourth-order valence-electron chi connectivity index (χ4n) is 6.41. The van der Waals surface area contributed by atoms with Gasteiger partial charge in [0.2, 0.25) is 0 Å². The maximum Gasteiger partial charge on any atom is 0.139 e. The van der Waals surface area contributed by atoms with Gasteiger partial charge < -0.3 is 5.11 Å². The van der Waals surface area contributed by atoms with E-state index in [9.17, 15) is 9.90 Å². The molecule has 3 fully saturated rings. The molecule has 0 aromatic carbocycles. The van der Waals surface area contributed by atoms with Gasteiger partial charge in [-0.05, 0) is 68.1 Å². The van der Waals surface area contributed by atoms with Crippen molar-refractivity contribution in [3.05, 3.63) is 11.6 Å². The van der Waals surface area contributed by atoms with Crippen LogP contribution in [0.1, 0.15) is 65.2 Å². The normalized spacial score (nSPS) is 52.7. The van der Waals surface area contributed by atoms with E-state index in [0.29, 0.717) is 23.0 Å². The lowest BCUT2D eigenvalue weighted by molar-refractivity contribution is -0.132. The standard InChI is InChI=1S/C19H28O2/c1-18-9-7-13(20)11-12(18)3-4-14-15-5-6-17(21)19(15,2)10-8-16(14)18/h3,13-16,20H,4-11H2,1-2H3/t13-,14+,15-,16?,18-,19-/m1/s1. The van der Waals surface area contributed by atoms with Crippen molar-refractivity contribution in [3.8, 4) is 0 Å². The first-order chi connectivity index (χ1) is 9.95. The molecule has 0 heterocycles. The van der Waals surface area contributed by atoms with E-state index >= 15 is 0 Å². The minimum Gasteiger partial charge on any atom is -0.393 e. The Balaban J connectivity index is 1.69. The number of allylic oxidation sites excluding steroid dienone is 1. The van der Waals surface area contributed by atoms with E-state index in [1.807, 2.05) is 0 Å². The molecule has 0 bridgehead atoms. The third-order valence-corrected chi connectivity index (χ3v) is 7.79. The average Bonchev–Trinajstić information content (AvgIpc) is 2.76. The molecule has 21 heavy (non-hydrogen) atoms. The van der Waals surface area contributed by atoms with Gasteiger partial charge in [0.1, 0.15) is 5.78 Å². The summed E-state index contributed by atoms with van der Waals surface area (Å²) in [6, 6.07) is 0. The van der Waals surface area contributed by atoms with Gasteiger partial charge in [-0.3, -0.25) is 4.79 Å². The fraction of sp³-hybridized carbons (Fsp3) is 0.842. The Morgan fingerprint density at radius 2 is 1.81 bits per heavy atom. The Labute approximate surface area is 128 Å². The summed E-state index contributed by atoms with van der Waals surface area (Å²) in [4.78, 5) is 12.4. The lowest BCUT2D eigenvalue weighted by atomic mass is 9.48. The van der Waals surface area contributed by atoms with Gasteiger partial charge in [-0.1, -0.05) is 25.5 Å². The van der Waals surface area contributed by atoms with Gasteiger partial charge in [0.25, 0.3) is 0 Å². The molecule has 2 nitrogen and oxygen atoms in total. The molecule has 2 heteroatoms. The van der Waals surface area contributed by atoms with E-state index in [2.05, 4.69) is 19.9 Å². The molecule has 4 aliphatic rings. The van der Waals surface area contributed by atoms with Crippen LogP contribution < -0.4 is 0 Å². The first-order valence-corrected chi connectivity index (χ1v) is 8.86. The molecule has 0 aliphatic heterocycles. The van der Waals surface area contributed by atoms with Crippen molar-refractivity contribution < 1.29 is 9.90 Å². The first kappa shape index (κ1) is 14.0. The number of aliphatic hydroxyl groups is 1. The van der Waals surface area contributed by atoms with Crippen molar-refractivity contribution >= 4 is 5.78 Å². The molecule has 0 saturated heterocycles. The molecular formula is C19H28O2. The number of carbonyl (C=O) groups is 1. The molecule has 6 atom stereocenters. The molecule has 0 spiro atoms.